The van der Waals surface area contributed by atoms with Gasteiger partial charge >= 0.3 is 5.97 Å². The highest BCUT2D eigenvalue weighted by molar-refractivity contribution is 5.85. The van der Waals surface area contributed by atoms with Crippen molar-refractivity contribution in [2.75, 3.05) is 0 Å². The monoisotopic (exact) mass is 161 g/mol. The first-order valence-electron chi connectivity index (χ1n) is 3.58. The maximum absolute atomic E-state index is 10.2. The molecule has 0 amide bonds. The van der Waals surface area contributed by atoms with Crippen LogP contribution in [0.15, 0.2) is 24.3 Å². The summed E-state index contributed by atoms with van der Waals surface area (Å²) >= 11 is 0. The van der Waals surface area contributed by atoms with E-state index >= 15 is 0 Å². The molecule has 61 valence electrons. The quantitative estimate of drug-likeness (QED) is 0.672. The second kappa shape index (κ2) is 3.72. The standard InChI is InChI=1S/C10H9O2/c1-8-3-2-4-9(7-8)5-6-10(11)12/h2,4-7H,1H3,(H,11,12)/b6-5+. The smallest absolute Gasteiger partial charge is 0.328 e. The summed E-state index contributed by atoms with van der Waals surface area (Å²) in [7, 11) is 0. The molecule has 1 rings (SSSR count). The third-order valence-corrected chi connectivity index (χ3v) is 1.39. The van der Waals surface area contributed by atoms with E-state index in [9.17, 15) is 4.79 Å². The van der Waals surface area contributed by atoms with Gasteiger partial charge in [-0.2, -0.15) is 0 Å². The summed E-state index contributed by atoms with van der Waals surface area (Å²) in [6.07, 6.45) is 2.68. The summed E-state index contributed by atoms with van der Waals surface area (Å²) in [4.78, 5) is 10.2. The molecule has 12 heavy (non-hydrogen) atoms. The molecule has 0 saturated carbocycles. The Labute approximate surface area is 71.2 Å². The highest BCUT2D eigenvalue weighted by Gasteiger charge is 1.89. The molecule has 1 N–H and O–H groups in total. The van der Waals surface area contributed by atoms with Crippen LogP contribution in [-0.4, -0.2) is 11.1 Å². The van der Waals surface area contributed by atoms with Crippen LogP contribution in [-0.2, 0) is 4.79 Å². The lowest BCUT2D eigenvalue weighted by Crippen LogP contribution is -1.85. The first-order valence-corrected chi connectivity index (χ1v) is 3.58. The Morgan fingerprint density at radius 2 is 2.42 bits per heavy atom. The van der Waals surface area contributed by atoms with Crippen molar-refractivity contribution in [2.24, 2.45) is 0 Å². The Kier molecular flexibility index (Phi) is 2.64. The van der Waals surface area contributed by atoms with E-state index in [1.54, 1.807) is 12.1 Å². The summed E-state index contributed by atoms with van der Waals surface area (Å²) < 4.78 is 0. The van der Waals surface area contributed by atoms with Crippen LogP contribution in [0.5, 0.6) is 0 Å². The Balaban J connectivity index is 2.83. The van der Waals surface area contributed by atoms with Crippen LogP contribution in [0.2, 0.25) is 0 Å². The largest absolute Gasteiger partial charge is 0.478 e. The molecular formula is C10H9O2. The summed E-state index contributed by atoms with van der Waals surface area (Å²) in [5.41, 5.74) is 1.89. The summed E-state index contributed by atoms with van der Waals surface area (Å²) in [5.74, 6) is -0.930. The fourth-order valence-electron chi connectivity index (χ4n) is 0.880. The number of hydrogen-bond donors (Lipinski definition) is 1. The van der Waals surface area contributed by atoms with Gasteiger partial charge in [0, 0.05) is 6.08 Å². The van der Waals surface area contributed by atoms with E-state index in [0.29, 0.717) is 0 Å². The van der Waals surface area contributed by atoms with Gasteiger partial charge in [-0.05, 0) is 30.2 Å². The molecule has 0 spiro atoms. The van der Waals surface area contributed by atoms with E-state index in [1.807, 2.05) is 19.1 Å². The zero-order valence-electron chi connectivity index (χ0n) is 6.74. The van der Waals surface area contributed by atoms with Gasteiger partial charge in [-0.15, -0.1) is 0 Å². The lowest BCUT2D eigenvalue weighted by molar-refractivity contribution is -0.131. The van der Waals surface area contributed by atoms with E-state index in [2.05, 4.69) is 6.07 Å². The van der Waals surface area contributed by atoms with E-state index < -0.39 is 5.97 Å². The van der Waals surface area contributed by atoms with Crippen LogP contribution in [0.4, 0.5) is 0 Å². The molecule has 0 fully saturated rings. The van der Waals surface area contributed by atoms with Crippen molar-refractivity contribution in [1.29, 1.82) is 0 Å². The maximum Gasteiger partial charge on any atom is 0.328 e. The van der Waals surface area contributed by atoms with Gasteiger partial charge in [0.2, 0.25) is 0 Å². The molecule has 0 aliphatic carbocycles. The number of benzene rings is 1. The number of carbonyl (C=O) groups is 1. The van der Waals surface area contributed by atoms with Gasteiger partial charge in [-0.25, -0.2) is 4.79 Å². The van der Waals surface area contributed by atoms with Gasteiger partial charge in [0.25, 0.3) is 0 Å². The third kappa shape index (κ3) is 2.58. The lowest BCUT2D eigenvalue weighted by Gasteiger charge is -1.93. The molecular weight excluding hydrogens is 152 g/mol. The van der Waals surface area contributed by atoms with Crippen molar-refractivity contribution in [3.05, 3.63) is 41.5 Å². The number of hydrogen-bond acceptors (Lipinski definition) is 1. The topological polar surface area (TPSA) is 37.3 Å². The van der Waals surface area contributed by atoms with Gasteiger partial charge in [0.15, 0.2) is 0 Å². The van der Waals surface area contributed by atoms with E-state index in [-0.39, 0.29) is 0 Å². The van der Waals surface area contributed by atoms with Gasteiger partial charge in [0.1, 0.15) is 0 Å². The Bertz CT molecular complexity index is 313. The lowest BCUT2D eigenvalue weighted by atomic mass is 10.1. The number of aryl methyl sites for hydroxylation is 1. The first kappa shape index (κ1) is 8.53. The molecule has 0 atom stereocenters. The van der Waals surface area contributed by atoms with Crippen molar-refractivity contribution >= 4 is 12.0 Å². The molecule has 0 unspecified atom stereocenters. The molecule has 0 heterocycles. The summed E-state index contributed by atoms with van der Waals surface area (Å²) in [6.45, 7) is 1.91. The minimum atomic E-state index is -0.930. The van der Waals surface area contributed by atoms with Crippen LogP contribution in [0.1, 0.15) is 11.1 Å². The molecule has 0 bridgehead atoms. The van der Waals surface area contributed by atoms with Crippen molar-refractivity contribution in [2.45, 2.75) is 6.92 Å². The Morgan fingerprint density at radius 1 is 1.67 bits per heavy atom. The minimum absolute atomic E-state index is 0.883. The van der Waals surface area contributed by atoms with Crippen molar-refractivity contribution in [3.8, 4) is 0 Å². The van der Waals surface area contributed by atoms with E-state index in [0.717, 1.165) is 17.2 Å². The zero-order valence-corrected chi connectivity index (χ0v) is 6.74. The molecule has 2 nitrogen and oxygen atoms in total. The third-order valence-electron chi connectivity index (χ3n) is 1.39. The highest BCUT2D eigenvalue weighted by Crippen LogP contribution is 2.04. The number of carboxylic acid groups (broad SMARTS) is 1. The van der Waals surface area contributed by atoms with Crippen LogP contribution < -0.4 is 0 Å². The molecule has 1 aromatic rings. The molecule has 1 aromatic carbocycles. The zero-order chi connectivity index (χ0) is 8.97. The highest BCUT2D eigenvalue weighted by atomic mass is 16.4. The van der Waals surface area contributed by atoms with Crippen LogP contribution in [0, 0.1) is 13.0 Å². The molecule has 1 radical (unpaired) electrons. The van der Waals surface area contributed by atoms with Crippen LogP contribution >= 0.6 is 0 Å². The summed E-state index contributed by atoms with van der Waals surface area (Å²) in [6, 6.07) is 8.44. The van der Waals surface area contributed by atoms with Gasteiger partial charge in [-0.1, -0.05) is 18.2 Å². The first-order chi connectivity index (χ1) is 5.68. The Morgan fingerprint density at radius 3 is 3.00 bits per heavy atom. The number of aliphatic carboxylic acids is 1. The number of rotatable bonds is 2. The SMILES string of the molecule is Cc1[c]ccc(/C=C/C(=O)O)c1. The molecule has 0 aliphatic rings. The fraction of sp³-hybridized carbons (Fsp3) is 0.100. The van der Waals surface area contributed by atoms with Gasteiger partial charge in [0.05, 0.1) is 0 Å². The van der Waals surface area contributed by atoms with Crippen LogP contribution in [0.25, 0.3) is 6.08 Å². The molecule has 0 aromatic heterocycles. The normalized spacial score (nSPS) is 10.4. The minimum Gasteiger partial charge on any atom is -0.478 e. The Hall–Kier alpha value is -1.57. The molecule has 0 saturated heterocycles. The summed E-state index contributed by atoms with van der Waals surface area (Å²) in [5, 5.41) is 8.35. The van der Waals surface area contributed by atoms with Crippen molar-refractivity contribution in [1.82, 2.24) is 0 Å². The maximum atomic E-state index is 10.2. The second-order valence-electron chi connectivity index (χ2n) is 2.48. The van der Waals surface area contributed by atoms with E-state index in [4.69, 9.17) is 5.11 Å². The average Bonchev–Trinajstić information content (AvgIpc) is 2.01. The van der Waals surface area contributed by atoms with Crippen molar-refractivity contribution in [3.63, 3.8) is 0 Å². The molecule has 2 heteroatoms. The number of carboxylic acids is 1. The van der Waals surface area contributed by atoms with Crippen molar-refractivity contribution < 1.29 is 9.90 Å². The van der Waals surface area contributed by atoms with Crippen LogP contribution in [0.3, 0.4) is 0 Å². The predicted octanol–water partition coefficient (Wildman–Crippen LogP) is 1.89. The van der Waals surface area contributed by atoms with E-state index in [1.165, 1.54) is 0 Å². The molecule has 0 aliphatic heterocycles. The second-order valence-corrected chi connectivity index (χ2v) is 2.48. The van der Waals surface area contributed by atoms with Gasteiger partial charge < -0.3 is 5.11 Å². The fourth-order valence-corrected chi connectivity index (χ4v) is 0.880. The van der Waals surface area contributed by atoms with Gasteiger partial charge in [-0.3, -0.25) is 0 Å². The average molecular weight is 161 g/mol. The predicted molar refractivity (Wildman–Crippen MR) is 46.7 cm³/mol.